The third kappa shape index (κ3) is 7.23. The Morgan fingerprint density at radius 2 is 1.60 bits per heavy atom. The Morgan fingerprint density at radius 3 is 2.38 bits per heavy atom. The van der Waals surface area contributed by atoms with Crippen molar-refractivity contribution < 1.29 is 27.9 Å². The fourth-order valence-corrected chi connectivity index (χ4v) is 5.14. The van der Waals surface area contributed by atoms with Gasteiger partial charge in [-0.2, -0.15) is 5.10 Å². The highest BCUT2D eigenvalue weighted by Crippen LogP contribution is 2.27. The molecule has 0 saturated carbocycles. The number of carbonyl (C=O) groups excluding carboxylic acids is 2. The first kappa shape index (κ1) is 30.8. The lowest BCUT2D eigenvalue weighted by molar-refractivity contribution is -0.118. The van der Waals surface area contributed by atoms with Gasteiger partial charge in [0.05, 0.1) is 11.9 Å². The highest BCUT2D eigenvalue weighted by atomic mass is 19.1. The van der Waals surface area contributed by atoms with E-state index in [-0.39, 0.29) is 24.7 Å². The van der Waals surface area contributed by atoms with E-state index in [0.29, 0.717) is 22.8 Å². The first-order chi connectivity index (χ1) is 22.9. The van der Waals surface area contributed by atoms with Crippen LogP contribution in [0.3, 0.4) is 0 Å². The number of benzene rings is 4. The highest BCUT2D eigenvalue weighted by molar-refractivity contribution is 6.03. The van der Waals surface area contributed by atoms with Crippen molar-refractivity contribution in [2.45, 2.75) is 20.5 Å². The third-order valence-corrected chi connectivity index (χ3v) is 7.43. The first-order valence-electron chi connectivity index (χ1n) is 14.8. The molecule has 0 fully saturated rings. The minimum absolute atomic E-state index is 0.0594. The molecule has 0 spiro atoms. The van der Waals surface area contributed by atoms with Crippen LogP contribution in [0, 0.1) is 19.7 Å². The summed E-state index contributed by atoms with van der Waals surface area (Å²) in [6.07, 6.45) is 1.44. The van der Waals surface area contributed by atoms with Gasteiger partial charge in [0, 0.05) is 22.6 Å². The smallest absolute Gasteiger partial charge is 0.307 e. The van der Waals surface area contributed by atoms with Gasteiger partial charge < -0.3 is 23.8 Å². The number of furan rings is 1. The Morgan fingerprint density at radius 1 is 0.851 bits per heavy atom. The molecule has 0 unspecified atom stereocenters. The number of nitrogens with one attached hydrogen (secondary N) is 2. The standard InChI is InChI=1S/C37H31FN4O5/c1-24-11-12-25(2)42(24)27-14-16-28(17-15-27)45-22-29-18-20-35(47-29)37(44)41-39-21-31-30-8-4-3-7-26(30)13-19-34(31)46-23-36(43)40-33-10-6-5-9-32(33)38/h3-21H,22-23H2,1-2H3,(H,40,43)(H,41,44)/b39-21+. The second kappa shape index (κ2) is 13.9. The van der Waals surface area contributed by atoms with Crippen molar-refractivity contribution in [2.75, 3.05) is 11.9 Å². The number of nitrogens with zero attached hydrogens (tertiary/aromatic N) is 2. The average Bonchev–Trinajstić information content (AvgIpc) is 3.70. The van der Waals surface area contributed by atoms with Gasteiger partial charge in [0.15, 0.2) is 12.4 Å². The summed E-state index contributed by atoms with van der Waals surface area (Å²) in [7, 11) is 0. The zero-order valence-electron chi connectivity index (χ0n) is 25.7. The van der Waals surface area contributed by atoms with Crippen molar-refractivity contribution in [3.63, 3.8) is 0 Å². The van der Waals surface area contributed by atoms with Crippen LogP contribution < -0.4 is 20.2 Å². The quantitative estimate of drug-likeness (QED) is 0.115. The molecular weight excluding hydrogens is 599 g/mol. The third-order valence-electron chi connectivity index (χ3n) is 7.43. The van der Waals surface area contributed by atoms with Crippen molar-refractivity contribution in [3.8, 4) is 17.2 Å². The summed E-state index contributed by atoms with van der Waals surface area (Å²) in [5.41, 5.74) is 6.42. The van der Waals surface area contributed by atoms with Crippen molar-refractivity contribution >= 4 is 34.5 Å². The Kier molecular flexibility index (Phi) is 9.10. The fourth-order valence-electron chi connectivity index (χ4n) is 5.14. The molecule has 2 heterocycles. The molecule has 0 atom stereocenters. The molecule has 2 N–H and O–H groups in total. The van der Waals surface area contributed by atoms with Gasteiger partial charge >= 0.3 is 5.91 Å². The molecular formula is C37H31FN4O5. The van der Waals surface area contributed by atoms with Gasteiger partial charge in [0.25, 0.3) is 5.91 Å². The van der Waals surface area contributed by atoms with Gasteiger partial charge in [-0.05, 0) is 91.3 Å². The van der Waals surface area contributed by atoms with Crippen LogP contribution in [0.1, 0.15) is 33.3 Å². The van der Waals surface area contributed by atoms with Gasteiger partial charge in [-0.3, -0.25) is 9.59 Å². The highest BCUT2D eigenvalue weighted by Gasteiger charge is 2.14. The largest absolute Gasteiger partial charge is 0.486 e. The van der Waals surface area contributed by atoms with E-state index < -0.39 is 17.6 Å². The van der Waals surface area contributed by atoms with E-state index in [4.69, 9.17) is 13.9 Å². The molecule has 0 aliphatic carbocycles. The van der Waals surface area contributed by atoms with Crippen LogP contribution in [0.2, 0.25) is 0 Å². The second-order valence-electron chi connectivity index (χ2n) is 10.7. The molecule has 2 amide bonds. The number of hydrazone groups is 1. The summed E-state index contributed by atoms with van der Waals surface area (Å²) in [6, 6.07) is 32.1. The van der Waals surface area contributed by atoms with Gasteiger partial charge in [-0.15, -0.1) is 0 Å². The minimum Gasteiger partial charge on any atom is -0.486 e. The van der Waals surface area contributed by atoms with Crippen LogP contribution in [-0.2, 0) is 11.4 Å². The van der Waals surface area contributed by atoms with E-state index in [1.54, 1.807) is 24.3 Å². The summed E-state index contributed by atoms with van der Waals surface area (Å²) in [4.78, 5) is 25.3. The monoisotopic (exact) mass is 630 g/mol. The number of anilines is 1. The number of aromatic nitrogens is 1. The van der Waals surface area contributed by atoms with E-state index in [1.807, 2.05) is 54.6 Å². The molecule has 47 heavy (non-hydrogen) atoms. The summed E-state index contributed by atoms with van der Waals surface area (Å²) < 4.78 is 33.4. The number of ether oxygens (including phenoxy) is 2. The van der Waals surface area contributed by atoms with Gasteiger partial charge in [-0.1, -0.05) is 42.5 Å². The number of aryl methyl sites for hydroxylation is 2. The number of halogens is 1. The number of carbonyl (C=O) groups is 2. The van der Waals surface area contributed by atoms with Crippen LogP contribution in [0.25, 0.3) is 16.5 Å². The predicted molar refractivity (Wildman–Crippen MR) is 178 cm³/mol. The summed E-state index contributed by atoms with van der Waals surface area (Å²) >= 11 is 0. The van der Waals surface area contributed by atoms with Crippen molar-refractivity contribution in [2.24, 2.45) is 5.10 Å². The molecule has 6 aromatic rings. The number of fused-ring (bicyclic) bond motifs is 1. The summed E-state index contributed by atoms with van der Waals surface area (Å²) in [5, 5.41) is 8.33. The number of hydrogen-bond acceptors (Lipinski definition) is 6. The maximum absolute atomic E-state index is 13.9. The molecule has 0 bridgehead atoms. The number of hydrogen-bond donors (Lipinski definition) is 2. The minimum atomic E-state index is -0.554. The lowest BCUT2D eigenvalue weighted by atomic mass is 10.0. The first-order valence-corrected chi connectivity index (χ1v) is 14.8. The normalized spacial score (nSPS) is 11.1. The van der Waals surface area contributed by atoms with Crippen LogP contribution in [0.15, 0.2) is 119 Å². The van der Waals surface area contributed by atoms with Crippen molar-refractivity contribution in [3.05, 3.63) is 143 Å². The van der Waals surface area contributed by atoms with E-state index in [2.05, 4.69) is 46.4 Å². The molecule has 2 aromatic heterocycles. The molecule has 0 aliphatic rings. The molecule has 0 saturated heterocycles. The molecule has 10 heteroatoms. The molecule has 0 radical (unpaired) electrons. The van der Waals surface area contributed by atoms with Crippen molar-refractivity contribution in [1.29, 1.82) is 0 Å². The zero-order chi connectivity index (χ0) is 32.8. The molecule has 4 aromatic carbocycles. The Balaban J connectivity index is 1.07. The number of para-hydroxylation sites is 1. The SMILES string of the molecule is Cc1ccc(C)n1-c1ccc(OCc2ccc(C(=O)N/N=C/c3c(OCC(=O)Nc4ccccc4F)ccc4ccccc34)o2)cc1. The van der Waals surface area contributed by atoms with Gasteiger partial charge in [-0.25, -0.2) is 9.82 Å². The Labute approximate surface area is 270 Å². The van der Waals surface area contributed by atoms with Crippen LogP contribution in [-0.4, -0.2) is 29.2 Å². The van der Waals surface area contributed by atoms with E-state index in [0.717, 1.165) is 27.8 Å². The molecule has 6 rings (SSSR count). The predicted octanol–water partition coefficient (Wildman–Crippen LogP) is 7.34. The van der Waals surface area contributed by atoms with E-state index in [1.165, 1.54) is 24.4 Å². The maximum atomic E-state index is 13.9. The van der Waals surface area contributed by atoms with Crippen LogP contribution >= 0.6 is 0 Å². The lowest BCUT2D eigenvalue weighted by Crippen LogP contribution is -2.21. The van der Waals surface area contributed by atoms with Gasteiger partial charge in [0.2, 0.25) is 0 Å². The second-order valence-corrected chi connectivity index (χ2v) is 10.7. The molecule has 236 valence electrons. The average molecular weight is 631 g/mol. The molecule has 0 aliphatic heterocycles. The molecule has 9 nitrogen and oxygen atoms in total. The van der Waals surface area contributed by atoms with E-state index >= 15 is 0 Å². The number of rotatable bonds is 11. The van der Waals surface area contributed by atoms with Crippen LogP contribution in [0.5, 0.6) is 11.5 Å². The lowest BCUT2D eigenvalue weighted by Gasteiger charge is -2.12. The van der Waals surface area contributed by atoms with E-state index in [9.17, 15) is 14.0 Å². The zero-order valence-corrected chi connectivity index (χ0v) is 25.7. The van der Waals surface area contributed by atoms with Crippen molar-refractivity contribution in [1.82, 2.24) is 9.99 Å². The fraction of sp³-hybridized carbons (Fsp3) is 0.108. The van der Waals surface area contributed by atoms with Gasteiger partial charge in [0.1, 0.15) is 29.7 Å². The summed E-state index contributed by atoms with van der Waals surface area (Å²) in [6.45, 7) is 3.89. The summed E-state index contributed by atoms with van der Waals surface area (Å²) in [5.74, 6) is -0.0735. The van der Waals surface area contributed by atoms with Crippen LogP contribution in [0.4, 0.5) is 10.1 Å². The number of amides is 2. The topological polar surface area (TPSA) is 107 Å². The maximum Gasteiger partial charge on any atom is 0.307 e. The Bertz CT molecular complexity index is 2060. The Hall–Kier alpha value is -6.16.